The molecule has 1 aromatic carbocycles. The zero-order valence-electron chi connectivity index (χ0n) is 10.6. The maximum atomic E-state index is 11.7. The largest absolute Gasteiger partial charge is 0.366 e. The van der Waals surface area contributed by atoms with Gasteiger partial charge in [-0.25, -0.2) is 0 Å². The van der Waals surface area contributed by atoms with Crippen molar-refractivity contribution in [3.63, 3.8) is 0 Å². The SMILES string of the molecule is CC(C)c1[c-]cc(N2CCCCC2=O)cc1.[Y]. The summed E-state index contributed by atoms with van der Waals surface area (Å²) in [6.07, 6.45) is 2.83. The van der Waals surface area contributed by atoms with Crippen LogP contribution in [0.2, 0.25) is 0 Å². The van der Waals surface area contributed by atoms with Crippen LogP contribution in [-0.2, 0) is 37.5 Å². The molecular weight excluding hydrogens is 287 g/mol. The quantitative estimate of drug-likeness (QED) is 0.769. The molecule has 1 aliphatic rings. The third-order valence-electron chi connectivity index (χ3n) is 3.08. The predicted octanol–water partition coefficient (Wildman–Crippen LogP) is 3.12. The summed E-state index contributed by atoms with van der Waals surface area (Å²) in [4.78, 5) is 13.6. The van der Waals surface area contributed by atoms with E-state index in [0.29, 0.717) is 12.3 Å². The number of nitrogens with zero attached hydrogens (tertiary/aromatic N) is 1. The Morgan fingerprint density at radius 1 is 1.29 bits per heavy atom. The molecule has 1 fully saturated rings. The van der Waals surface area contributed by atoms with E-state index in [1.807, 2.05) is 17.0 Å². The van der Waals surface area contributed by atoms with Gasteiger partial charge in [0.05, 0.1) is 0 Å². The average Bonchev–Trinajstić information content (AvgIpc) is 2.30. The zero-order chi connectivity index (χ0) is 11.5. The summed E-state index contributed by atoms with van der Waals surface area (Å²) in [5.41, 5.74) is 2.20. The van der Waals surface area contributed by atoms with Gasteiger partial charge in [-0.2, -0.15) is 23.8 Å². The van der Waals surface area contributed by atoms with Crippen molar-refractivity contribution in [2.75, 3.05) is 11.4 Å². The van der Waals surface area contributed by atoms with Gasteiger partial charge < -0.3 is 4.90 Å². The van der Waals surface area contributed by atoms with Crippen LogP contribution in [0.15, 0.2) is 18.2 Å². The van der Waals surface area contributed by atoms with E-state index in [2.05, 4.69) is 26.0 Å². The number of hydrogen-bond donors (Lipinski definition) is 0. The second-order valence-electron chi connectivity index (χ2n) is 4.66. The molecule has 0 aromatic heterocycles. The number of benzene rings is 1. The first kappa shape index (κ1) is 14.9. The van der Waals surface area contributed by atoms with Crippen molar-refractivity contribution in [3.05, 3.63) is 29.8 Å². The number of piperidine rings is 1. The number of rotatable bonds is 2. The van der Waals surface area contributed by atoms with Crippen molar-refractivity contribution in [1.29, 1.82) is 0 Å². The van der Waals surface area contributed by atoms with Crippen LogP contribution in [0.5, 0.6) is 0 Å². The maximum Gasteiger partial charge on any atom is 0.216 e. The summed E-state index contributed by atoms with van der Waals surface area (Å²) in [5.74, 6) is 0.739. The molecule has 1 aliphatic heterocycles. The van der Waals surface area contributed by atoms with E-state index < -0.39 is 0 Å². The van der Waals surface area contributed by atoms with Gasteiger partial charge in [-0.05, 0) is 18.8 Å². The fourth-order valence-electron chi connectivity index (χ4n) is 2.03. The van der Waals surface area contributed by atoms with E-state index in [0.717, 1.165) is 25.1 Å². The molecule has 0 unspecified atom stereocenters. The molecule has 0 saturated carbocycles. The summed E-state index contributed by atoms with van der Waals surface area (Å²) >= 11 is 0. The molecule has 1 radical (unpaired) electrons. The van der Waals surface area contributed by atoms with Gasteiger partial charge in [0.2, 0.25) is 5.91 Å². The second kappa shape index (κ2) is 6.65. The van der Waals surface area contributed by atoms with Gasteiger partial charge in [-0.3, -0.25) is 4.79 Å². The Hall–Kier alpha value is -0.206. The molecule has 2 nitrogen and oxygen atoms in total. The van der Waals surface area contributed by atoms with Crippen LogP contribution in [0.25, 0.3) is 0 Å². The minimum Gasteiger partial charge on any atom is -0.366 e. The Kier molecular flexibility index (Phi) is 5.81. The average molecular weight is 305 g/mol. The van der Waals surface area contributed by atoms with E-state index in [-0.39, 0.29) is 38.6 Å². The van der Waals surface area contributed by atoms with Gasteiger partial charge in [0.1, 0.15) is 0 Å². The maximum absolute atomic E-state index is 11.7. The topological polar surface area (TPSA) is 20.3 Å². The number of hydrogen-bond acceptors (Lipinski definition) is 1. The molecule has 2 rings (SSSR count). The number of carbonyl (C=O) groups excluding carboxylic acids is 1. The molecule has 0 spiro atoms. The van der Waals surface area contributed by atoms with Gasteiger partial charge in [0.25, 0.3) is 0 Å². The molecule has 0 aliphatic carbocycles. The Bertz CT molecular complexity index is 372. The van der Waals surface area contributed by atoms with Crippen LogP contribution < -0.4 is 4.90 Å². The number of amides is 1. The van der Waals surface area contributed by atoms with E-state index in [1.165, 1.54) is 5.56 Å². The monoisotopic (exact) mass is 305 g/mol. The summed E-state index contributed by atoms with van der Waals surface area (Å²) in [5, 5.41) is 0. The van der Waals surface area contributed by atoms with Crippen molar-refractivity contribution in [3.8, 4) is 0 Å². The van der Waals surface area contributed by atoms with Crippen LogP contribution in [0.4, 0.5) is 5.69 Å². The van der Waals surface area contributed by atoms with Crippen molar-refractivity contribution in [2.45, 2.75) is 39.0 Å². The molecule has 17 heavy (non-hydrogen) atoms. The van der Waals surface area contributed by atoms with E-state index >= 15 is 0 Å². The molecule has 3 heteroatoms. The zero-order valence-corrected chi connectivity index (χ0v) is 13.4. The molecule has 1 amide bonds. The van der Waals surface area contributed by atoms with Crippen LogP contribution in [-0.4, -0.2) is 12.5 Å². The Balaban J connectivity index is 0.00000144. The van der Waals surface area contributed by atoms with Crippen LogP contribution in [0.3, 0.4) is 0 Å². The smallest absolute Gasteiger partial charge is 0.216 e. The first-order valence-electron chi connectivity index (χ1n) is 6.00. The van der Waals surface area contributed by atoms with Crippen LogP contribution >= 0.6 is 0 Å². The summed E-state index contributed by atoms with van der Waals surface area (Å²) in [6.45, 7) is 5.16. The Morgan fingerprint density at radius 2 is 2.06 bits per heavy atom. The number of carbonyl (C=O) groups is 1. The minimum absolute atomic E-state index is 0. The van der Waals surface area contributed by atoms with E-state index in [1.54, 1.807) is 0 Å². The molecule has 0 N–H and O–H groups in total. The van der Waals surface area contributed by atoms with Crippen LogP contribution in [0, 0.1) is 6.07 Å². The second-order valence-corrected chi connectivity index (χ2v) is 4.66. The molecule has 89 valence electrons. The normalized spacial score (nSPS) is 15.9. The van der Waals surface area contributed by atoms with Crippen LogP contribution in [0.1, 0.15) is 44.6 Å². The third-order valence-corrected chi connectivity index (χ3v) is 3.08. The first-order chi connectivity index (χ1) is 7.68. The van der Waals surface area contributed by atoms with Gasteiger partial charge in [0.15, 0.2) is 0 Å². The van der Waals surface area contributed by atoms with Gasteiger partial charge in [-0.15, -0.1) is 6.07 Å². The molecule has 0 atom stereocenters. The van der Waals surface area contributed by atoms with Crippen molar-refractivity contribution in [2.24, 2.45) is 0 Å². The molecule has 1 saturated heterocycles. The van der Waals surface area contributed by atoms with Gasteiger partial charge in [0, 0.05) is 45.7 Å². The minimum atomic E-state index is 0. The van der Waals surface area contributed by atoms with Crippen molar-refractivity contribution in [1.82, 2.24) is 0 Å². The molecule has 1 aromatic rings. The Morgan fingerprint density at radius 3 is 2.59 bits per heavy atom. The summed E-state index contributed by atoms with van der Waals surface area (Å²) in [6, 6.07) is 9.31. The van der Waals surface area contributed by atoms with Gasteiger partial charge in [-0.1, -0.05) is 19.5 Å². The Labute approximate surface area is 129 Å². The van der Waals surface area contributed by atoms with Crippen molar-refractivity contribution < 1.29 is 37.5 Å². The fraction of sp³-hybridized carbons (Fsp3) is 0.500. The van der Waals surface area contributed by atoms with E-state index in [4.69, 9.17) is 0 Å². The molecular formula is C14H18NOY-. The van der Waals surface area contributed by atoms with Gasteiger partial charge >= 0.3 is 0 Å². The molecule has 0 bridgehead atoms. The number of anilines is 1. The molecule has 1 heterocycles. The fourth-order valence-corrected chi connectivity index (χ4v) is 2.03. The van der Waals surface area contributed by atoms with Crippen molar-refractivity contribution >= 4 is 11.6 Å². The first-order valence-corrected chi connectivity index (χ1v) is 6.00. The van der Waals surface area contributed by atoms with E-state index in [9.17, 15) is 4.79 Å². The standard InChI is InChI=1S/C14H18NO.Y/c1-11(2)12-6-8-13(9-7-12)15-10-4-3-5-14(15)16;/h6,8-9,11H,3-5,10H2,1-2H3;/q-1;. The summed E-state index contributed by atoms with van der Waals surface area (Å²) in [7, 11) is 0. The summed E-state index contributed by atoms with van der Waals surface area (Å²) < 4.78 is 0. The predicted molar refractivity (Wildman–Crippen MR) is 65.6 cm³/mol. The third kappa shape index (κ3) is 3.62.